The first-order valence-electron chi connectivity index (χ1n) is 14.4. The minimum absolute atomic E-state index is 0.116. The summed E-state index contributed by atoms with van der Waals surface area (Å²) in [6, 6.07) is 9.37. The summed E-state index contributed by atoms with van der Waals surface area (Å²) in [5.74, 6) is 6.94. The van der Waals surface area contributed by atoms with Crippen LogP contribution in [0.3, 0.4) is 0 Å². The van der Waals surface area contributed by atoms with Crippen molar-refractivity contribution in [1.29, 1.82) is 0 Å². The molecule has 230 valence electrons. The first-order chi connectivity index (χ1) is 20.4. The van der Waals surface area contributed by atoms with Crippen LogP contribution in [0, 0.1) is 5.92 Å². The van der Waals surface area contributed by atoms with E-state index in [4.69, 9.17) is 24.4 Å². The number of aromatic nitrogens is 3. The largest absolute Gasteiger partial charge is 0.469 e. The van der Waals surface area contributed by atoms with Gasteiger partial charge >= 0.3 is 14.5 Å². The number of nitrogens with zero attached hydrogens (tertiary/aromatic N) is 4. The van der Waals surface area contributed by atoms with Gasteiger partial charge in [-0.2, -0.15) is 0 Å². The van der Waals surface area contributed by atoms with Crippen molar-refractivity contribution in [2.75, 3.05) is 39.0 Å². The number of methoxy groups -OCH3 is 2. The predicted molar refractivity (Wildman–Crippen MR) is 162 cm³/mol. The number of hydrogen-bond donors (Lipinski definition) is 3. The fourth-order valence-corrected chi connectivity index (χ4v) is 6.62. The summed E-state index contributed by atoms with van der Waals surface area (Å²) >= 11 is 0. The summed E-state index contributed by atoms with van der Waals surface area (Å²) in [6.45, 7) is 4.72. The van der Waals surface area contributed by atoms with Gasteiger partial charge in [-0.15, -0.1) is 0 Å². The van der Waals surface area contributed by atoms with Crippen molar-refractivity contribution < 1.29 is 28.4 Å². The number of rotatable bonds is 16. The Bertz CT molecular complexity index is 1280. The molecule has 3 aromatic rings. The lowest BCUT2D eigenvalue weighted by atomic mass is 10.1. The van der Waals surface area contributed by atoms with Crippen LogP contribution in [0.15, 0.2) is 42.9 Å². The Labute approximate surface area is 248 Å². The number of carbonyl (C=O) groups is 1. The highest BCUT2D eigenvalue weighted by Crippen LogP contribution is 2.40. The van der Waals surface area contributed by atoms with Gasteiger partial charge in [-0.05, 0) is 56.4 Å². The van der Waals surface area contributed by atoms with E-state index >= 15 is 0 Å². The number of hydrogen-bond acceptors (Lipinski definition) is 11. The molecule has 1 aliphatic rings. The molecule has 0 amide bonds. The van der Waals surface area contributed by atoms with Gasteiger partial charge in [0.05, 0.1) is 43.8 Å². The second kappa shape index (κ2) is 15.6. The number of esters is 1. The van der Waals surface area contributed by atoms with Gasteiger partial charge in [0.15, 0.2) is 5.82 Å². The predicted octanol–water partition coefficient (Wildman–Crippen LogP) is 3.89. The van der Waals surface area contributed by atoms with Crippen molar-refractivity contribution in [3.8, 4) is 5.75 Å². The van der Waals surface area contributed by atoms with Gasteiger partial charge in [-0.3, -0.25) is 9.80 Å². The zero-order valence-corrected chi connectivity index (χ0v) is 25.7. The molecule has 5 unspecified atom stereocenters. The lowest BCUT2D eigenvalue weighted by molar-refractivity contribution is -0.145. The summed E-state index contributed by atoms with van der Waals surface area (Å²) in [5.41, 5.74) is 1.89. The molecule has 13 heteroatoms. The van der Waals surface area contributed by atoms with Crippen LogP contribution in [-0.2, 0) is 25.2 Å². The van der Waals surface area contributed by atoms with Crippen molar-refractivity contribution in [2.45, 2.75) is 64.1 Å². The van der Waals surface area contributed by atoms with Gasteiger partial charge in [0.25, 0.3) is 0 Å². The Kier molecular flexibility index (Phi) is 11.9. The average molecular weight is 603 g/mol. The SMILES string of the molecule is CCc1ccc(OP(NC2CCCC2C(=O)OC)OCC(CC(CO)n2ccc3c(N(N)CC)ncnc32)OC)cc1. The van der Waals surface area contributed by atoms with Gasteiger partial charge in [0.2, 0.25) is 0 Å². The Morgan fingerprint density at radius 1 is 1.21 bits per heavy atom. The van der Waals surface area contributed by atoms with Crippen LogP contribution in [0.2, 0.25) is 0 Å². The first kappa shape index (κ1) is 32.1. The quantitative estimate of drug-likeness (QED) is 0.0950. The third-order valence-corrected chi connectivity index (χ3v) is 9.06. The molecule has 1 fully saturated rings. The van der Waals surface area contributed by atoms with Gasteiger partial charge in [0.1, 0.15) is 17.7 Å². The van der Waals surface area contributed by atoms with E-state index in [9.17, 15) is 9.90 Å². The minimum Gasteiger partial charge on any atom is -0.469 e. The van der Waals surface area contributed by atoms with Crippen LogP contribution in [0.1, 0.15) is 51.1 Å². The summed E-state index contributed by atoms with van der Waals surface area (Å²) in [6.07, 6.45) is 6.88. The third kappa shape index (κ3) is 7.75. The van der Waals surface area contributed by atoms with E-state index in [-0.39, 0.29) is 43.3 Å². The number of fused-ring (bicyclic) bond motifs is 1. The van der Waals surface area contributed by atoms with Crippen LogP contribution in [0.25, 0.3) is 11.0 Å². The van der Waals surface area contributed by atoms with Crippen molar-refractivity contribution in [2.24, 2.45) is 11.8 Å². The van der Waals surface area contributed by atoms with E-state index in [0.717, 1.165) is 31.1 Å². The highest BCUT2D eigenvalue weighted by Gasteiger charge is 2.36. The van der Waals surface area contributed by atoms with Crippen LogP contribution in [0.4, 0.5) is 5.82 Å². The number of hydrazine groups is 1. The molecule has 2 heterocycles. The lowest BCUT2D eigenvalue weighted by Gasteiger charge is -2.27. The lowest BCUT2D eigenvalue weighted by Crippen LogP contribution is -2.35. The number of aryl methyl sites for hydroxylation is 1. The highest BCUT2D eigenvalue weighted by atomic mass is 31.2. The molecule has 2 aromatic heterocycles. The molecule has 1 aromatic carbocycles. The maximum Gasteiger partial charge on any atom is 0.318 e. The van der Waals surface area contributed by atoms with Gasteiger partial charge in [-0.1, -0.05) is 25.5 Å². The molecule has 0 saturated heterocycles. The number of aliphatic hydroxyl groups excluding tert-OH is 1. The monoisotopic (exact) mass is 602 g/mol. The van der Waals surface area contributed by atoms with Crippen LogP contribution in [0.5, 0.6) is 5.75 Å². The van der Waals surface area contributed by atoms with Crippen molar-refractivity contribution in [3.05, 3.63) is 48.4 Å². The van der Waals surface area contributed by atoms with Crippen molar-refractivity contribution in [1.82, 2.24) is 19.6 Å². The molecule has 4 rings (SSSR count). The molecule has 0 bridgehead atoms. The topological polar surface area (TPSA) is 146 Å². The smallest absolute Gasteiger partial charge is 0.318 e. The summed E-state index contributed by atoms with van der Waals surface area (Å²) in [7, 11) is 1.42. The fourth-order valence-electron chi connectivity index (χ4n) is 5.25. The molecule has 1 aliphatic carbocycles. The maximum absolute atomic E-state index is 12.4. The van der Waals surface area contributed by atoms with Crippen LogP contribution < -0.4 is 20.5 Å². The Balaban J connectivity index is 1.47. The van der Waals surface area contributed by atoms with Crippen molar-refractivity contribution in [3.63, 3.8) is 0 Å². The van der Waals surface area contributed by atoms with Gasteiger partial charge < -0.3 is 28.2 Å². The molecule has 5 atom stereocenters. The van der Waals surface area contributed by atoms with Crippen LogP contribution in [-0.4, -0.2) is 71.7 Å². The maximum atomic E-state index is 12.4. The Morgan fingerprint density at radius 3 is 2.67 bits per heavy atom. The number of nitrogens with two attached hydrogens (primary N) is 1. The number of benzene rings is 1. The second-order valence-electron chi connectivity index (χ2n) is 10.3. The molecule has 0 radical (unpaired) electrons. The van der Waals surface area contributed by atoms with E-state index in [1.54, 1.807) is 12.1 Å². The van der Waals surface area contributed by atoms with Gasteiger partial charge in [-0.25, -0.2) is 20.9 Å². The summed E-state index contributed by atoms with van der Waals surface area (Å²) < 4.78 is 25.3. The Morgan fingerprint density at radius 2 is 2.00 bits per heavy atom. The third-order valence-electron chi connectivity index (χ3n) is 7.76. The normalized spacial score (nSPS) is 19.0. The summed E-state index contributed by atoms with van der Waals surface area (Å²) in [4.78, 5) is 21.2. The fraction of sp³-hybridized carbons (Fsp3) is 0.552. The van der Waals surface area contributed by atoms with Gasteiger partial charge in [0, 0.05) is 25.9 Å². The minimum atomic E-state index is -1.62. The number of carbonyl (C=O) groups excluding carboxylic acids is 1. The van der Waals surface area contributed by atoms with E-state index in [1.807, 2.05) is 48.0 Å². The van der Waals surface area contributed by atoms with Crippen molar-refractivity contribution >= 4 is 31.3 Å². The number of nitrogens with one attached hydrogen (secondary N) is 1. The molecule has 1 saturated carbocycles. The zero-order valence-electron chi connectivity index (χ0n) is 24.8. The van der Waals surface area contributed by atoms with E-state index in [0.29, 0.717) is 30.2 Å². The molecule has 42 heavy (non-hydrogen) atoms. The molecule has 0 aliphatic heterocycles. The van der Waals surface area contributed by atoms with Crippen LogP contribution >= 0.6 is 8.53 Å². The molecular weight excluding hydrogens is 559 g/mol. The molecule has 12 nitrogen and oxygen atoms in total. The van der Waals surface area contributed by atoms with E-state index in [2.05, 4.69) is 22.0 Å². The second-order valence-corrected chi connectivity index (χ2v) is 11.5. The number of anilines is 1. The number of ether oxygens (including phenoxy) is 2. The molecule has 0 spiro atoms. The standard InChI is InChI=1S/C29H43N6O6P/c1-5-20-10-12-22(13-11-20)41-42(33-26-9-7-8-24(26)29(37)39-4)40-18-23(38-3)16-21(17-36)34-15-14-25-27(34)31-19-32-28(25)35(30)6-2/h10-15,19,21,23-24,26,33,36H,5-9,16-18,30H2,1-4H3. The van der Waals surface area contributed by atoms with E-state index in [1.165, 1.54) is 19.0 Å². The number of aliphatic hydroxyl groups is 1. The highest BCUT2D eigenvalue weighted by molar-refractivity contribution is 7.45. The average Bonchev–Trinajstić information content (AvgIpc) is 3.68. The molecule has 4 N–H and O–H groups in total. The zero-order chi connectivity index (χ0) is 30.1. The molecular formula is C29H43N6O6P. The Hall–Kier alpha value is -2.86. The van der Waals surface area contributed by atoms with E-state index < -0.39 is 8.53 Å². The first-order valence-corrected chi connectivity index (χ1v) is 15.6. The summed E-state index contributed by atoms with van der Waals surface area (Å²) in [5, 5.41) is 16.2.